The lowest BCUT2D eigenvalue weighted by atomic mass is 10.0. The van der Waals surface area contributed by atoms with Crippen LogP contribution in [-0.4, -0.2) is 35.1 Å². The van der Waals surface area contributed by atoms with Gasteiger partial charge in [-0.15, -0.1) is 0 Å². The lowest BCUT2D eigenvalue weighted by molar-refractivity contribution is -0.123. The Kier molecular flexibility index (Phi) is 7.03. The van der Waals surface area contributed by atoms with Gasteiger partial charge in [-0.25, -0.2) is 0 Å². The Morgan fingerprint density at radius 3 is 2.54 bits per heavy atom. The maximum atomic E-state index is 12.3. The molecule has 0 aliphatic rings. The number of hydrogen-bond acceptors (Lipinski definition) is 4. The minimum atomic E-state index is -0.0820. The van der Waals surface area contributed by atoms with Crippen LogP contribution in [0.15, 0.2) is 53.1 Å². The zero-order valence-electron chi connectivity index (χ0n) is 14.3. The Morgan fingerprint density at radius 1 is 1.21 bits per heavy atom. The van der Waals surface area contributed by atoms with Crippen LogP contribution in [0.3, 0.4) is 0 Å². The molecular weight excluding hydrogens is 304 g/mol. The molecule has 2 rings (SSSR count). The summed E-state index contributed by atoms with van der Waals surface area (Å²) >= 11 is 0. The van der Waals surface area contributed by atoms with E-state index in [0.717, 1.165) is 11.3 Å². The predicted octanol–water partition coefficient (Wildman–Crippen LogP) is 2.41. The van der Waals surface area contributed by atoms with Gasteiger partial charge in [0.25, 0.3) is 0 Å². The summed E-state index contributed by atoms with van der Waals surface area (Å²) in [6.07, 6.45) is 1.59. The van der Waals surface area contributed by atoms with Crippen molar-refractivity contribution in [1.82, 2.24) is 10.2 Å². The number of amides is 1. The fourth-order valence-electron chi connectivity index (χ4n) is 2.70. The molecular formula is C19H26N2O3. The van der Waals surface area contributed by atoms with Crippen LogP contribution in [-0.2, 0) is 17.9 Å². The van der Waals surface area contributed by atoms with Crippen molar-refractivity contribution in [1.29, 1.82) is 0 Å². The molecule has 0 spiro atoms. The average Bonchev–Trinajstić information content (AvgIpc) is 3.07. The Balaban J connectivity index is 1.99. The van der Waals surface area contributed by atoms with E-state index in [4.69, 9.17) is 4.42 Å². The lowest BCUT2D eigenvalue weighted by Gasteiger charge is -2.32. The van der Waals surface area contributed by atoms with Crippen LogP contribution in [0.1, 0.15) is 25.2 Å². The number of rotatable bonds is 9. The third-order valence-electron chi connectivity index (χ3n) is 4.04. The summed E-state index contributed by atoms with van der Waals surface area (Å²) in [7, 11) is 0. The monoisotopic (exact) mass is 330 g/mol. The molecule has 0 fully saturated rings. The first kappa shape index (κ1) is 18.2. The lowest BCUT2D eigenvalue weighted by Crippen LogP contribution is -2.46. The second-order valence-corrected chi connectivity index (χ2v) is 6.24. The minimum absolute atomic E-state index is 0.0238. The highest BCUT2D eigenvalue weighted by molar-refractivity contribution is 5.78. The molecule has 0 saturated heterocycles. The maximum Gasteiger partial charge on any atom is 0.234 e. The largest absolute Gasteiger partial charge is 0.467 e. The standard InChI is InChI=1S/C19H26N2O3/c1-15(2)18(14-22)21(12-16-7-4-3-5-8-16)13-19(23)20-11-17-9-6-10-24-17/h3-10,15,18,22H,11-14H2,1-2H3,(H,20,23). The molecule has 1 atom stereocenters. The summed E-state index contributed by atoms with van der Waals surface area (Å²) in [6, 6.07) is 13.5. The van der Waals surface area contributed by atoms with Crippen molar-refractivity contribution in [2.75, 3.05) is 13.2 Å². The van der Waals surface area contributed by atoms with E-state index in [-0.39, 0.29) is 31.0 Å². The number of benzene rings is 1. The third-order valence-corrected chi connectivity index (χ3v) is 4.04. The molecule has 2 aromatic rings. The predicted molar refractivity (Wildman–Crippen MR) is 93.1 cm³/mol. The van der Waals surface area contributed by atoms with Crippen LogP contribution in [0, 0.1) is 5.92 Å². The molecule has 0 saturated carbocycles. The summed E-state index contributed by atoms with van der Waals surface area (Å²) < 4.78 is 5.22. The first-order valence-electron chi connectivity index (χ1n) is 8.28. The van der Waals surface area contributed by atoms with Gasteiger partial charge in [-0.2, -0.15) is 0 Å². The topological polar surface area (TPSA) is 65.7 Å². The Labute approximate surface area is 143 Å². The molecule has 24 heavy (non-hydrogen) atoms. The van der Waals surface area contributed by atoms with Crippen LogP contribution in [0.2, 0.25) is 0 Å². The zero-order chi connectivity index (χ0) is 17.4. The molecule has 5 nitrogen and oxygen atoms in total. The van der Waals surface area contributed by atoms with Gasteiger partial charge in [0.05, 0.1) is 26.0 Å². The van der Waals surface area contributed by atoms with Crippen LogP contribution in [0.25, 0.3) is 0 Å². The van der Waals surface area contributed by atoms with Crippen molar-refractivity contribution in [3.05, 3.63) is 60.1 Å². The summed E-state index contributed by atoms with van der Waals surface area (Å²) in [5.74, 6) is 0.888. The normalized spacial score (nSPS) is 12.5. The molecule has 1 heterocycles. The highest BCUT2D eigenvalue weighted by atomic mass is 16.3. The van der Waals surface area contributed by atoms with Crippen molar-refractivity contribution in [2.45, 2.75) is 33.0 Å². The number of furan rings is 1. The van der Waals surface area contributed by atoms with Crippen molar-refractivity contribution < 1.29 is 14.3 Å². The van der Waals surface area contributed by atoms with Crippen LogP contribution in [0.4, 0.5) is 0 Å². The van der Waals surface area contributed by atoms with Crippen molar-refractivity contribution >= 4 is 5.91 Å². The first-order valence-corrected chi connectivity index (χ1v) is 8.28. The minimum Gasteiger partial charge on any atom is -0.467 e. The molecule has 2 N–H and O–H groups in total. The summed E-state index contributed by atoms with van der Waals surface area (Å²) in [5.41, 5.74) is 1.12. The van der Waals surface area contributed by atoms with E-state index in [2.05, 4.69) is 19.2 Å². The third kappa shape index (κ3) is 5.51. The first-order chi connectivity index (χ1) is 11.6. The van der Waals surface area contributed by atoms with E-state index < -0.39 is 0 Å². The van der Waals surface area contributed by atoms with E-state index >= 15 is 0 Å². The highest BCUT2D eigenvalue weighted by Crippen LogP contribution is 2.14. The van der Waals surface area contributed by atoms with Crippen molar-refractivity contribution in [3.63, 3.8) is 0 Å². The smallest absolute Gasteiger partial charge is 0.234 e. The maximum absolute atomic E-state index is 12.3. The highest BCUT2D eigenvalue weighted by Gasteiger charge is 2.23. The molecule has 1 amide bonds. The Hall–Kier alpha value is -2.11. The Bertz CT molecular complexity index is 596. The van der Waals surface area contributed by atoms with Crippen molar-refractivity contribution in [2.24, 2.45) is 5.92 Å². The summed E-state index contributed by atoms with van der Waals surface area (Å²) in [5, 5.41) is 12.6. The number of carbonyl (C=O) groups is 1. The fourth-order valence-corrected chi connectivity index (χ4v) is 2.70. The van der Waals surface area contributed by atoms with Gasteiger partial charge >= 0.3 is 0 Å². The molecule has 0 radical (unpaired) electrons. The molecule has 0 aliphatic carbocycles. The van der Waals surface area contributed by atoms with Gasteiger partial charge in [-0.05, 0) is 23.6 Å². The van der Waals surface area contributed by atoms with Gasteiger partial charge in [-0.1, -0.05) is 44.2 Å². The second kappa shape index (κ2) is 9.25. The molecule has 0 bridgehead atoms. The molecule has 0 aliphatic heterocycles. The van der Waals surface area contributed by atoms with Crippen LogP contribution >= 0.6 is 0 Å². The van der Waals surface area contributed by atoms with E-state index in [0.29, 0.717) is 13.1 Å². The quantitative estimate of drug-likeness (QED) is 0.741. The fraction of sp³-hybridized carbons (Fsp3) is 0.421. The summed E-state index contributed by atoms with van der Waals surface area (Å²) in [6.45, 7) is 5.36. The molecule has 130 valence electrons. The van der Waals surface area contributed by atoms with Crippen molar-refractivity contribution in [3.8, 4) is 0 Å². The number of carbonyl (C=O) groups excluding carboxylic acids is 1. The van der Waals surface area contributed by atoms with Crippen LogP contribution in [0.5, 0.6) is 0 Å². The SMILES string of the molecule is CC(C)C(CO)N(CC(=O)NCc1ccco1)Cc1ccccc1. The molecule has 5 heteroatoms. The number of nitrogens with one attached hydrogen (secondary N) is 1. The Morgan fingerprint density at radius 2 is 1.96 bits per heavy atom. The zero-order valence-corrected chi connectivity index (χ0v) is 14.3. The van der Waals surface area contributed by atoms with Gasteiger partial charge in [-0.3, -0.25) is 9.69 Å². The van der Waals surface area contributed by atoms with E-state index in [1.165, 1.54) is 0 Å². The number of aliphatic hydroxyl groups is 1. The van der Waals surface area contributed by atoms with E-state index in [1.54, 1.807) is 12.3 Å². The summed E-state index contributed by atoms with van der Waals surface area (Å²) in [4.78, 5) is 14.3. The van der Waals surface area contributed by atoms with Gasteiger partial charge in [0.1, 0.15) is 5.76 Å². The average molecular weight is 330 g/mol. The van der Waals surface area contributed by atoms with Gasteiger partial charge < -0.3 is 14.8 Å². The van der Waals surface area contributed by atoms with Gasteiger partial charge in [0, 0.05) is 12.6 Å². The number of aliphatic hydroxyl groups excluding tert-OH is 1. The van der Waals surface area contributed by atoms with E-state index in [9.17, 15) is 9.90 Å². The molecule has 1 unspecified atom stereocenters. The van der Waals surface area contributed by atoms with Gasteiger partial charge in [0.15, 0.2) is 0 Å². The number of nitrogens with zero attached hydrogens (tertiary/aromatic N) is 1. The molecule has 1 aromatic carbocycles. The second-order valence-electron chi connectivity index (χ2n) is 6.24. The van der Waals surface area contributed by atoms with Crippen LogP contribution < -0.4 is 5.32 Å². The van der Waals surface area contributed by atoms with Gasteiger partial charge in [0.2, 0.25) is 5.91 Å². The van der Waals surface area contributed by atoms with E-state index in [1.807, 2.05) is 41.3 Å². The number of hydrogen-bond donors (Lipinski definition) is 2. The molecule has 1 aromatic heterocycles.